The Morgan fingerprint density at radius 3 is 2.69 bits per heavy atom. The lowest BCUT2D eigenvalue weighted by Gasteiger charge is -2.37. The zero-order chi connectivity index (χ0) is 9.10. The topological polar surface area (TPSA) is 18.8 Å². The molecule has 1 unspecified atom stereocenters. The highest BCUT2D eigenvalue weighted by Crippen LogP contribution is 2.17. The van der Waals surface area contributed by atoms with Crippen molar-refractivity contribution >= 4 is 6.21 Å². The second kappa shape index (κ2) is 3.87. The summed E-state index contributed by atoms with van der Waals surface area (Å²) < 4.78 is 13.3. The molecule has 0 aliphatic carbocycles. The van der Waals surface area contributed by atoms with Gasteiger partial charge in [-0.15, -0.1) is 0 Å². The fourth-order valence-electron chi connectivity index (χ4n) is 1.72. The molecule has 0 radical (unpaired) electrons. The molecule has 2 heterocycles. The van der Waals surface area contributed by atoms with Crippen LogP contribution in [-0.4, -0.2) is 35.7 Å². The van der Waals surface area contributed by atoms with Crippen molar-refractivity contribution in [2.75, 3.05) is 13.1 Å². The fourth-order valence-corrected chi connectivity index (χ4v) is 1.72. The highest BCUT2D eigenvalue weighted by atomic mass is 19.1. The van der Waals surface area contributed by atoms with Crippen LogP contribution in [0.2, 0.25) is 0 Å². The van der Waals surface area contributed by atoms with E-state index in [1.54, 1.807) is 17.3 Å². The minimum atomic E-state index is -1.22. The Bertz CT molecular complexity index is 221. The van der Waals surface area contributed by atoms with Crippen molar-refractivity contribution in [3.8, 4) is 0 Å². The number of piperidine rings is 1. The summed E-state index contributed by atoms with van der Waals surface area (Å²) in [5.41, 5.74) is 0. The van der Waals surface area contributed by atoms with Crippen LogP contribution in [0, 0.1) is 0 Å². The van der Waals surface area contributed by atoms with Crippen LogP contribution >= 0.6 is 0 Å². The third-order valence-electron chi connectivity index (χ3n) is 2.41. The van der Waals surface area contributed by atoms with Gasteiger partial charge in [-0.3, -0.25) is 5.01 Å². The summed E-state index contributed by atoms with van der Waals surface area (Å²) >= 11 is 0. The number of aliphatic imine (C=N–C) groups is 1. The van der Waals surface area contributed by atoms with Crippen LogP contribution in [0.15, 0.2) is 17.3 Å². The molecule has 0 amide bonds. The number of rotatable bonds is 1. The maximum absolute atomic E-state index is 13.3. The van der Waals surface area contributed by atoms with E-state index in [4.69, 9.17) is 0 Å². The van der Waals surface area contributed by atoms with Gasteiger partial charge in [-0.1, -0.05) is 6.42 Å². The minimum Gasteiger partial charge on any atom is -0.262 e. The predicted octanol–water partition coefficient (Wildman–Crippen LogP) is 1.54. The summed E-state index contributed by atoms with van der Waals surface area (Å²) in [5, 5.41) is 3.61. The van der Waals surface area contributed by atoms with Crippen LogP contribution in [0.1, 0.15) is 19.3 Å². The normalized spacial score (nSPS) is 29.6. The molecule has 4 heteroatoms. The van der Waals surface area contributed by atoms with E-state index < -0.39 is 6.42 Å². The van der Waals surface area contributed by atoms with Gasteiger partial charge in [-0.05, 0) is 18.9 Å². The Morgan fingerprint density at radius 2 is 2.00 bits per heavy atom. The average Bonchev–Trinajstić information content (AvgIpc) is 2.20. The van der Waals surface area contributed by atoms with Gasteiger partial charge in [0.25, 0.3) is 6.42 Å². The quantitative estimate of drug-likeness (QED) is 0.574. The number of nitrogens with zero attached hydrogens (tertiary/aromatic N) is 3. The third kappa shape index (κ3) is 1.88. The zero-order valence-electron chi connectivity index (χ0n) is 7.56. The van der Waals surface area contributed by atoms with E-state index in [1.165, 1.54) is 12.6 Å². The molecule has 72 valence electrons. The first kappa shape index (κ1) is 8.69. The molecule has 0 spiro atoms. The molecule has 3 nitrogen and oxygen atoms in total. The molecule has 0 saturated carbocycles. The number of halogens is 1. The van der Waals surface area contributed by atoms with Crippen molar-refractivity contribution in [2.24, 2.45) is 4.99 Å². The van der Waals surface area contributed by atoms with Gasteiger partial charge in [-0.25, -0.2) is 10.0 Å². The first-order chi connectivity index (χ1) is 6.38. The van der Waals surface area contributed by atoms with Gasteiger partial charge in [0.2, 0.25) is 0 Å². The molecular formula is C9H14FN3. The maximum Gasteiger partial charge on any atom is 0.279 e. The van der Waals surface area contributed by atoms with E-state index in [0.717, 1.165) is 25.9 Å². The molecule has 0 aromatic carbocycles. The average molecular weight is 183 g/mol. The predicted molar refractivity (Wildman–Crippen MR) is 49.8 cm³/mol. The monoisotopic (exact) mass is 183 g/mol. The lowest BCUT2D eigenvalue weighted by molar-refractivity contribution is -0.0726. The molecule has 1 fully saturated rings. The molecule has 0 N–H and O–H groups in total. The molecule has 0 bridgehead atoms. The van der Waals surface area contributed by atoms with Crippen LogP contribution in [0.25, 0.3) is 0 Å². The number of allylic oxidation sites excluding steroid dienone is 1. The van der Waals surface area contributed by atoms with E-state index in [2.05, 4.69) is 4.99 Å². The van der Waals surface area contributed by atoms with Crippen molar-refractivity contribution in [2.45, 2.75) is 25.7 Å². The Kier molecular flexibility index (Phi) is 2.59. The molecule has 13 heavy (non-hydrogen) atoms. The minimum absolute atomic E-state index is 0.945. The van der Waals surface area contributed by atoms with Crippen molar-refractivity contribution in [1.82, 2.24) is 10.0 Å². The van der Waals surface area contributed by atoms with Gasteiger partial charge in [0.05, 0.1) is 0 Å². The van der Waals surface area contributed by atoms with Crippen LogP contribution in [-0.2, 0) is 0 Å². The molecule has 2 rings (SSSR count). The molecule has 1 saturated heterocycles. The zero-order valence-corrected chi connectivity index (χ0v) is 7.56. The summed E-state index contributed by atoms with van der Waals surface area (Å²) in [4.78, 5) is 3.69. The summed E-state index contributed by atoms with van der Waals surface area (Å²) in [6, 6.07) is 0. The fraction of sp³-hybridized carbons (Fsp3) is 0.667. The van der Waals surface area contributed by atoms with E-state index in [1.807, 2.05) is 5.01 Å². The third-order valence-corrected chi connectivity index (χ3v) is 2.41. The van der Waals surface area contributed by atoms with Crippen LogP contribution in [0.5, 0.6) is 0 Å². The largest absolute Gasteiger partial charge is 0.279 e. The standard InChI is InChI=1S/C9H14FN3/c10-9-11-5-4-8-13(9)12-6-2-1-3-7-12/h4-5,8-9H,1-3,6-7H2. The second-order valence-corrected chi connectivity index (χ2v) is 3.34. The summed E-state index contributed by atoms with van der Waals surface area (Å²) in [6.45, 7) is 1.89. The van der Waals surface area contributed by atoms with Gasteiger partial charge in [0.15, 0.2) is 0 Å². The SMILES string of the molecule is FC1N=CC=CN1N1CCCCC1. The van der Waals surface area contributed by atoms with Gasteiger partial charge in [0, 0.05) is 25.5 Å². The van der Waals surface area contributed by atoms with Crippen molar-refractivity contribution in [3.05, 3.63) is 12.3 Å². The first-order valence-corrected chi connectivity index (χ1v) is 4.75. The van der Waals surface area contributed by atoms with Crippen LogP contribution < -0.4 is 0 Å². The lowest BCUT2D eigenvalue weighted by atomic mass is 10.2. The molecule has 2 aliphatic heterocycles. The number of alkyl halides is 1. The Balaban J connectivity index is 1.98. The van der Waals surface area contributed by atoms with Crippen molar-refractivity contribution in [1.29, 1.82) is 0 Å². The summed E-state index contributed by atoms with van der Waals surface area (Å²) in [5.74, 6) is 0. The molecule has 0 aromatic rings. The Morgan fingerprint density at radius 1 is 1.23 bits per heavy atom. The molecule has 0 aromatic heterocycles. The molecular weight excluding hydrogens is 169 g/mol. The number of hydrogen-bond acceptors (Lipinski definition) is 3. The van der Waals surface area contributed by atoms with Gasteiger partial charge in [0.1, 0.15) is 0 Å². The Hall–Kier alpha value is -0.900. The number of hydrogen-bond donors (Lipinski definition) is 0. The molecule has 1 atom stereocenters. The highest BCUT2D eigenvalue weighted by molar-refractivity contribution is 5.71. The Labute approximate surface area is 77.5 Å². The van der Waals surface area contributed by atoms with Gasteiger partial charge >= 0.3 is 0 Å². The highest BCUT2D eigenvalue weighted by Gasteiger charge is 2.22. The molecule has 2 aliphatic rings. The van der Waals surface area contributed by atoms with Crippen molar-refractivity contribution < 1.29 is 4.39 Å². The summed E-state index contributed by atoms with van der Waals surface area (Å²) in [7, 11) is 0. The smallest absolute Gasteiger partial charge is 0.262 e. The van der Waals surface area contributed by atoms with Gasteiger partial charge < -0.3 is 0 Å². The van der Waals surface area contributed by atoms with Crippen molar-refractivity contribution in [3.63, 3.8) is 0 Å². The van der Waals surface area contributed by atoms with Crippen LogP contribution in [0.4, 0.5) is 4.39 Å². The van der Waals surface area contributed by atoms with E-state index >= 15 is 0 Å². The second-order valence-electron chi connectivity index (χ2n) is 3.34. The number of hydrazine groups is 1. The van der Waals surface area contributed by atoms with E-state index in [0.29, 0.717) is 0 Å². The van der Waals surface area contributed by atoms with E-state index in [-0.39, 0.29) is 0 Å². The maximum atomic E-state index is 13.3. The first-order valence-electron chi connectivity index (χ1n) is 4.75. The summed E-state index contributed by atoms with van der Waals surface area (Å²) in [6.07, 6.45) is 7.37. The van der Waals surface area contributed by atoms with E-state index in [9.17, 15) is 4.39 Å². The van der Waals surface area contributed by atoms with Crippen LogP contribution in [0.3, 0.4) is 0 Å². The lowest BCUT2D eigenvalue weighted by Crippen LogP contribution is -2.46. The van der Waals surface area contributed by atoms with Gasteiger partial charge in [-0.2, -0.15) is 4.39 Å².